The molecule has 7 heteroatoms. The highest BCUT2D eigenvalue weighted by Gasteiger charge is 2.32. The van der Waals surface area contributed by atoms with E-state index in [4.69, 9.17) is 5.26 Å². The van der Waals surface area contributed by atoms with Gasteiger partial charge in [0.05, 0.1) is 5.56 Å². The maximum Gasteiger partial charge on any atom is 0.573 e. The summed E-state index contributed by atoms with van der Waals surface area (Å²) >= 11 is 0. The van der Waals surface area contributed by atoms with Crippen molar-refractivity contribution in [1.29, 1.82) is 5.26 Å². The Bertz CT molecular complexity index is 477. The number of carbonyl (C=O) groups is 1. The third kappa shape index (κ3) is 4.03. The van der Waals surface area contributed by atoms with E-state index in [1.165, 1.54) is 12.1 Å². The van der Waals surface area contributed by atoms with Crippen molar-refractivity contribution < 1.29 is 27.4 Å². The molecule has 1 rings (SSSR count). The molecule has 17 heavy (non-hydrogen) atoms. The molecule has 0 saturated carbocycles. The number of halogens is 3. The standard InChI is InChI=1S/C10H6F3NO3/c1-6(15)16-8-3-2-7(5-14)9(4-8)17-10(11,12)13/h2-4H,1H3. The number of carbonyl (C=O) groups excluding carboxylic acids is 1. The number of esters is 1. The highest BCUT2D eigenvalue weighted by Crippen LogP contribution is 2.29. The second kappa shape index (κ2) is 4.74. The van der Waals surface area contributed by atoms with Gasteiger partial charge >= 0.3 is 12.3 Å². The molecule has 0 radical (unpaired) electrons. The van der Waals surface area contributed by atoms with Gasteiger partial charge in [0.1, 0.15) is 11.8 Å². The minimum Gasteiger partial charge on any atom is -0.427 e. The summed E-state index contributed by atoms with van der Waals surface area (Å²) in [6, 6.07) is 4.63. The summed E-state index contributed by atoms with van der Waals surface area (Å²) in [4.78, 5) is 10.6. The molecule has 0 aliphatic heterocycles. The van der Waals surface area contributed by atoms with Crippen LogP contribution in [0.15, 0.2) is 18.2 Å². The predicted octanol–water partition coefficient (Wildman–Crippen LogP) is 2.38. The van der Waals surface area contributed by atoms with Gasteiger partial charge < -0.3 is 9.47 Å². The number of rotatable bonds is 2. The van der Waals surface area contributed by atoms with E-state index < -0.39 is 18.1 Å². The first-order chi connectivity index (χ1) is 7.81. The summed E-state index contributed by atoms with van der Waals surface area (Å²) in [5.74, 6) is -1.53. The zero-order valence-corrected chi connectivity index (χ0v) is 8.54. The summed E-state index contributed by atoms with van der Waals surface area (Å²) in [5, 5.41) is 8.58. The molecule has 0 saturated heterocycles. The molecule has 1 aromatic carbocycles. The van der Waals surface area contributed by atoms with E-state index in [-0.39, 0.29) is 11.3 Å². The summed E-state index contributed by atoms with van der Waals surface area (Å²) in [5.41, 5.74) is -0.307. The molecule has 0 unspecified atom stereocenters. The van der Waals surface area contributed by atoms with Crippen LogP contribution in [0.25, 0.3) is 0 Å². The van der Waals surface area contributed by atoms with Gasteiger partial charge in [-0.3, -0.25) is 4.79 Å². The van der Waals surface area contributed by atoms with E-state index in [0.717, 1.165) is 19.1 Å². The molecular formula is C10H6F3NO3. The Morgan fingerprint density at radius 1 is 1.41 bits per heavy atom. The molecule has 0 heterocycles. The Morgan fingerprint density at radius 2 is 2.06 bits per heavy atom. The van der Waals surface area contributed by atoms with Gasteiger partial charge in [-0.15, -0.1) is 13.2 Å². The normalized spacial score (nSPS) is 10.5. The molecule has 0 aliphatic rings. The maximum atomic E-state index is 12.0. The Balaban J connectivity index is 3.07. The number of benzene rings is 1. The lowest BCUT2D eigenvalue weighted by molar-refractivity contribution is -0.274. The summed E-state index contributed by atoms with van der Waals surface area (Å²) < 4.78 is 44.2. The fraction of sp³-hybridized carbons (Fsp3) is 0.200. The van der Waals surface area contributed by atoms with Gasteiger partial charge in [-0.05, 0) is 12.1 Å². The van der Waals surface area contributed by atoms with Gasteiger partial charge in [0, 0.05) is 13.0 Å². The average Bonchev–Trinajstić information content (AvgIpc) is 2.14. The van der Waals surface area contributed by atoms with E-state index in [0.29, 0.717) is 0 Å². The van der Waals surface area contributed by atoms with Crippen LogP contribution >= 0.6 is 0 Å². The topological polar surface area (TPSA) is 59.3 Å². The molecule has 0 bridgehead atoms. The third-order valence-corrected chi connectivity index (χ3v) is 1.56. The Labute approximate surface area is 94.2 Å². The molecule has 90 valence electrons. The van der Waals surface area contributed by atoms with E-state index in [1.807, 2.05) is 0 Å². The van der Waals surface area contributed by atoms with Gasteiger partial charge in [0.15, 0.2) is 5.75 Å². The maximum absolute atomic E-state index is 12.0. The number of alkyl halides is 3. The molecule has 0 aromatic heterocycles. The number of ether oxygens (including phenoxy) is 2. The van der Waals surface area contributed by atoms with Gasteiger partial charge in [-0.1, -0.05) is 0 Å². The number of nitriles is 1. The number of hydrogen-bond donors (Lipinski definition) is 0. The zero-order valence-electron chi connectivity index (χ0n) is 8.54. The molecule has 1 aromatic rings. The predicted molar refractivity (Wildman–Crippen MR) is 49.1 cm³/mol. The number of hydrogen-bond acceptors (Lipinski definition) is 4. The smallest absolute Gasteiger partial charge is 0.427 e. The van der Waals surface area contributed by atoms with E-state index in [2.05, 4.69) is 9.47 Å². The molecule has 0 atom stereocenters. The molecular weight excluding hydrogens is 239 g/mol. The highest BCUT2D eigenvalue weighted by molar-refractivity contribution is 5.69. The van der Waals surface area contributed by atoms with Crippen LogP contribution in [0.5, 0.6) is 11.5 Å². The van der Waals surface area contributed by atoms with E-state index >= 15 is 0 Å². The summed E-state index contributed by atoms with van der Waals surface area (Å²) in [6.45, 7) is 1.10. The molecule has 0 spiro atoms. The highest BCUT2D eigenvalue weighted by atomic mass is 19.4. The first-order valence-corrected chi connectivity index (χ1v) is 4.30. The van der Waals surface area contributed by atoms with Gasteiger partial charge in [-0.2, -0.15) is 5.26 Å². The Kier molecular flexibility index (Phi) is 3.58. The first kappa shape index (κ1) is 12.8. The average molecular weight is 245 g/mol. The van der Waals surface area contributed by atoms with Crippen LogP contribution < -0.4 is 9.47 Å². The molecule has 0 N–H and O–H groups in total. The van der Waals surface area contributed by atoms with Crippen molar-refractivity contribution in [3.63, 3.8) is 0 Å². The Morgan fingerprint density at radius 3 is 2.53 bits per heavy atom. The van der Waals surface area contributed by atoms with Crippen LogP contribution in [0.4, 0.5) is 13.2 Å². The van der Waals surface area contributed by atoms with Crippen molar-refractivity contribution in [3.8, 4) is 17.6 Å². The monoisotopic (exact) mass is 245 g/mol. The van der Waals surface area contributed by atoms with Gasteiger partial charge in [-0.25, -0.2) is 0 Å². The minimum atomic E-state index is -4.92. The lowest BCUT2D eigenvalue weighted by Crippen LogP contribution is -2.18. The van der Waals surface area contributed by atoms with Gasteiger partial charge in [0.25, 0.3) is 0 Å². The number of nitrogens with zero attached hydrogens (tertiary/aromatic N) is 1. The second-order valence-corrected chi connectivity index (χ2v) is 2.91. The molecule has 0 aliphatic carbocycles. The molecule has 4 nitrogen and oxygen atoms in total. The summed E-state index contributed by atoms with van der Waals surface area (Å²) in [7, 11) is 0. The second-order valence-electron chi connectivity index (χ2n) is 2.91. The summed E-state index contributed by atoms with van der Waals surface area (Å²) in [6.07, 6.45) is -4.92. The van der Waals surface area contributed by atoms with Crippen LogP contribution in [0.1, 0.15) is 12.5 Å². The van der Waals surface area contributed by atoms with Crippen molar-refractivity contribution in [3.05, 3.63) is 23.8 Å². The van der Waals surface area contributed by atoms with Crippen LogP contribution in [0.2, 0.25) is 0 Å². The lowest BCUT2D eigenvalue weighted by atomic mass is 10.2. The molecule has 0 fully saturated rings. The van der Waals surface area contributed by atoms with Crippen molar-refractivity contribution in [2.75, 3.05) is 0 Å². The lowest BCUT2D eigenvalue weighted by Gasteiger charge is -2.11. The van der Waals surface area contributed by atoms with Crippen molar-refractivity contribution in [2.45, 2.75) is 13.3 Å². The van der Waals surface area contributed by atoms with Crippen LogP contribution in [-0.2, 0) is 4.79 Å². The fourth-order valence-electron chi connectivity index (χ4n) is 1.03. The van der Waals surface area contributed by atoms with Crippen molar-refractivity contribution in [2.24, 2.45) is 0 Å². The quantitative estimate of drug-likeness (QED) is 0.592. The van der Waals surface area contributed by atoms with Crippen molar-refractivity contribution in [1.82, 2.24) is 0 Å². The fourth-order valence-corrected chi connectivity index (χ4v) is 1.03. The SMILES string of the molecule is CC(=O)Oc1ccc(C#N)c(OC(F)(F)F)c1. The molecule has 0 amide bonds. The first-order valence-electron chi connectivity index (χ1n) is 4.30. The van der Waals surface area contributed by atoms with Crippen LogP contribution in [0.3, 0.4) is 0 Å². The minimum absolute atomic E-state index is 0.129. The largest absolute Gasteiger partial charge is 0.573 e. The zero-order chi connectivity index (χ0) is 13.1. The van der Waals surface area contributed by atoms with Gasteiger partial charge in [0.2, 0.25) is 0 Å². The van der Waals surface area contributed by atoms with Crippen LogP contribution in [0, 0.1) is 11.3 Å². The van der Waals surface area contributed by atoms with E-state index in [1.54, 1.807) is 0 Å². The third-order valence-electron chi connectivity index (χ3n) is 1.56. The van der Waals surface area contributed by atoms with E-state index in [9.17, 15) is 18.0 Å². The van der Waals surface area contributed by atoms with Crippen LogP contribution in [-0.4, -0.2) is 12.3 Å². The Hall–Kier alpha value is -2.23. The van der Waals surface area contributed by atoms with Crippen molar-refractivity contribution >= 4 is 5.97 Å².